The van der Waals surface area contributed by atoms with Crippen LogP contribution >= 0.6 is 0 Å². The molecule has 1 aromatic heterocycles. The van der Waals surface area contributed by atoms with Crippen molar-refractivity contribution in [3.05, 3.63) is 59.9 Å². The smallest absolute Gasteiger partial charge is 0.322 e. The van der Waals surface area contributed by atoms with Crippen LogP contribution in [0.15, 0.2) is 52.9 Å². The van der Waals surface area contributed by atoms with Gasteiger partial charge in [0, 0.05) is 5.56 Å². The molecule has 0 saturated heterocycles. The molecule has 3 aromatic rings. The Hall–Kier alpha value is -3.22. The average molecular weight is 313 g/mol. The largest absolute Gasteiger partial charge is 0.497 e. The maximum absolute atomic E-state index is 13.5. The van der Waals surface area contributed by atoms with Crippen LogP contribution in [-0.2, 0) is 0 Å². The highest BCUT2D eigenvalue weighted by Crippen LogP contribution is 2.22. The summed E-state index contributed by atoms with van der Waals surface area (Å²) in [5, 5.41) is 9.94. The lowest BCUT2D eigenvalue weighted by atomic mass is 10.2. The summed E-state index contributed by atoms with van der Waals surface area (Å²) in [6.07, 6.45) is 0. The van der Waals surface area contributed by atoms with Crippen molar-refractivity contribution in [2.45, 2.75) is 0 Å². The highest BCUT2D eigenvalue weighted by molar-refractivity contribution is 6.03. The topological polar surface area (TPSA) is 77.3 Å². The maximum atomic E-state index is 13.5. The van der Waals surface area contributed by atoms with Gasteiger partial charge in [-0.1, -0.05) is 17.2 Å². The summed E-state index contributed by atoms with van der Waals surface area (Å²) in [7, 11) is 1.57. The van der Waals surface area contributed by atoms with Gasteiger partial charge in [0.05, 0.1) is 12.7 Å². The molecule has 6 nitrogen and oxygen atoms in total. The predicted octanol–water partition coefficient (Wildman–Crippen LogP) is 3.14. The fraction of sp³-hybridized carbons (Fsp3) is 0.0625. The average Bonchev–Trinajstić information content (AvgIpc) is 3.03. The second kappa shape index (κ2) is 6.27. The molecule has 2 aromatic carbocycles. The Bertz CT molecular complexity index is 831. The van der Waals surface area contributed by atoms with Crippen molar-refractivity contribution in [2.75, 3.05) is 12.4 Å². The zero-order chi connectivity index (χ0) is 16.2. The normalized spacial score (nSPS) is 10.3. The van der Waals surface area contributed by atoms with Gasteiger partial charge in [0.1, 0.15) is 11.6 Å². The Morgan fingerprint density at radius 1 is 1.13 bits per heavy atom. The Kier molecular flexibility index (Phi) is 4.01. The Balaban J connectivity index is 1.76. The number of methoxy groups -OCH3 is 1. The number of hydrogen-bond donors (Lipinski definition) is 1. The van der Waals surface area contributed by atoms with E-state index in [-0.39, 0.29) is 17.5 Å². The number of nitrogens with one attached hydrogen (secondary N) is 1. The van der Waals surface area contributed by atoms with Gasteiger partial charge in [0.2, 0.25) is 5.89 Å². The minimum atomic E-state index is -0.659. The van der Waals surface area contributed by atoms with Crippen LogP contribution in [0.3, 0.4) is 0 Å². The van der Waals surface area contributed by atoms with Crippen molar-refractivity contribution in [3.8, 4) is 17.2 Å². The van der Waals surface area contributed by atoms with Crippen LogP contribution < -0.4 is 10.1 Å². The second-order valence-corrected chi connectivity index (χ2v) is 4.57. The number of rotatable bonds is 4. The molecule has 116 valence electrons. The molecule has 0 aliphatic carbocycles. The molecule has 0 fully saturated rings. The SMILES string of the molecule is COc1ccc(-c2nnc(NC(=O)c3ccccc3F)o2)cc1. The van der Waals surface area contributed by atoms with Crippen LogP contribution in [-0.4, -0.2) is 23.2 Å². The molecule has 7 heteroatoms. The monoisotopic (exact) mass is 313 g/mol. The second-order valence-electron chi connectivity index (χ2n) is 4.57. The lowest BCUT2D eigenvalue weighted by Gasteiger charge is -2.01. The number of hydrogen-bond acceptors (Lipinski definition) is 5. The van der Waals surface area contributed by atoms with Gasteiger partial charge in [-0.15, -0.1) is 5.10 Å². The number of carbonyl (C=O) groups excluding carboxylic acids is 1. The molecule has 23 heavy (non-hydrogen) atoms. The Morgan fingerprint density at radius 2 is 1.87 bits per heavy atom. The number of ether oxygens (including phenoxy) is 1. The van der Waals surface area contributed by atoms with E-state index in [0.29, 0.717) is 11.3 Å². The summed E-state index contributed by atoms with van der Waals surface area (Å²) in [4.78, 5) is 12.0. The summed E-state index contributed by atoms with van der Waals surface area (Å²) in [6, 6.07) is 12.5. The van der Waals surface area contributed by atoms with Crippen LogP contribution in [0.5, 0.6) is 5.75 Å². The molecule has 1 amide bonds. The highest BCUT2D eigenvalue weighted by Gasteiger charge is 2.15. The number of carbonyl (C=O) groups is 1. The van der Waals surface area contributed by atoms with Crippen LogP contribution in [0.2, 0.25) is 0 Å². The number of anilines is 1. The van der Waals surface area contributed by atoms with E-state index in [4.69, 9.17) is 9.15 Å². The molecule has 0 spiro atoms. The fourth-order valence-corrected chi connectivity index (χ4v) is 1.93. The number of benzene rings is 2. The molecule has 1 heterocycles. The third kappa shape index (κ3) is 3.18. The van der Waals surface area contributed by atoms with Crippen molar-refractivity contribution >= 4 is 11.9 Å². The molecule has 0 aliphatic rings. The summed E-state index contributed by atoms with van der Waals surface area (Å²) in [5.41, 5.74) is 0.571. The molecular formula is C16H12FN3O3. The number of halogens is 1. The quantitative estimate of drug-likeness (QED) is 0.800. The Morgan fingerprint density at radius 3 is 2.57 bits per heavy atom. The van der Waals surface area contributed by atoms with E-state index in [0.717, 1.165) is 0 Å². The fourth-order valence-electron chi connectivity index (χ4n) is 1.93. The summed E-state index contributed by atoms with van der Waals surface area (Å²) >= 11 is 0. The first-order chi connectivity index (χ1) is 11.2. The number of aromatic nitrogens is 2. The van der Waals surface area contributed by atoms with Crippen molar-refractivity contribution in [3.63, 3.8) is 0 Å². The van der Waals surface area contributed by atoms with E-state index in [1.54, 1.807) is 37.4 Å². The molecule has 0 saturated carbocycles. The molecule has 1 N–H and O–H groups in total. The van der Waals surface area contributed by atoms with Crippen molar-refractivity contribution in [1.82, 2.24) is 10.2 Å². The van der Waals surface area contributed by atoms with Gasteiger partial charge in [-0.25, -0.2) is 4.39 Å². The van der Waals surface area contributed by atoms with E-state index in [1.165, 1.54) is 18.2 Å². The summed E-state index contributed by atoms with van der Waals surface area (Å²) in [6.45, 7) is 0. The van der Waals surface area contributed by atoms with E-state index >= 15 is 0 Å². The van der Waals surface area contributed by atoms with Gasteiger partial charge in [0.15, 0.2) is 0 Å². The van der Waals surface area contributed by atoms with E-state index < -0.39 is 11.7 Å². The van der Waals surface area contributed by atoms with Crippen LogP contribution in [0.1, 0.15) is 10.4 Å². The minimum Gasteiger partial charge on any atom is -0.497 e. The number of amides is 1. The highest BCUT2D eigenvalue weighted by atomic mass is 19.1. The number of nitrogens with zero attached hydrogens (tertiary/aromatic N) is 2. The lowest BCUT2D eigenvalue weighted by molar-refractivity contribution is 0.102. The summed E-state index contributed by atoms with van der Waals surface area (Å²) in [5.74, 6) is -0.356. The third-order valence-electron chi connectivity index (χ3n) is 3.10. The standard InChI is InChI=1S/C16H12FN3O3/c1-22-11-8-6-10(7-9-11)15-19-20-16(23-15)18-14(21)12-4-2-3-5-13(12)17/h2-9H,1H3,(H,18,20,21). The van der Waals surface area contributed by atoms with Crippen molar-refractivity contribution in [1.29, 1.82) is 0 Å². The molecule has 0 unspecified atom stereocenters. The van der Waals surface area contributed by atoms with Crippen molar-refractivity contribution < 1.29 is 18.3 Å². The van der Waals surface area contributed by atoms with Gasteiger partial charge in [-0.05, 0) is 36.4 Å². The maximum Gasteiger partial charge on any atom is 0.322 e. The third-order valence-corrected chi connectivity index (χ3v) is 3.10. The molecule has 0 bridgehead atoms. The van der Waals surface area contributed by atoms with Crippen LogP contribution in [0.4, 0.5) is 10.4 Å². The van der Waals surface area contributed by atoms with Crippen LogP contribution in [0.25, 0.3) is 11.5 Å². The zero-order valence-corrected chi connectivity index (χ0v) is 12.1. The van der Waals surface area contributed by atoms with Gasteiger partial charge in [-0.2, -0.15) is 0 Å². The van der Waals surface area contributed by atoms with Gasteiger partial charge >= 0.3 is 6.01 Å². The molecule has 3 rings (SSSR count). The predicted molar refractivity (Wildman–Crippen MR) is 80.6 cm³/mol. The van der Waals surface area contributed by atoms with E-state index in [2.05, 4.69) is 15.5 Å². The first-order valence-corrected chi connectivity index (χ1v) is 6.71. The molecule has 0 radical (unpaired) electrons. The van der Waals surface area contributed by atoms with Crippen molar-refractivity contribution in [2.24, 2.45) is 0 Å². The van der Waals surface area contributed by atoms with E-state index in [9.17, 15) is 9.18 Å². The zero-order valence-electron chi connectivity index (χ0n) is 12.1. The summed E-state index contributed by atoms with van der Waals surface area (Å²) < 4.78 is 24.0. The van der Waals surface area contributed by atoms with Gasteiger partial charge in [-0.3, -0.25) is 10.1 Å². The minimum absolute atomic E-state index is 0.100. The first-order valence-electron chi connectivity index (χ1n) is 6.71. The molecular weight excluding hydrogens is 301 g/mol. The lowest BCUT2D eigenvalue weighted by Crippen LogP contribution is -2.13. The van der Waals surface area contributed by atoms with Gasteiger partial charge in [0.25, 0.3) is 5.91 Å². The first kappa shape index (κ1) is 14.7. The molecule has 0 atom stereocenters. The molecule has 0 aliphatic heterocycles. The van der Waals surface area contributed by atoms with E-state index in [1.807, 2.05) is 0 Å². The van der Waals surface area contributed by atoms with Crippen LogP contribution in [0, 0.1) is 5.82 Å². The van der Waals surface area contributed by atoms with Gasteiger partial charge < -0.3 is 9.15 Å². The Labute approximate surface area is 130 Å².